The van der Waals surface area contributed by atoms with Gasteiger partial charge < -0.3 is 15.7 Å². The Morgan fingerprint density at radius 2 is 2.39 bits per heavy atom. The molecule has 18 heavy (non-hydrogen) atoms. The fourth-order valence-electron chi connectivity index (χ4n) is 1.51. The molecule has 7 nitrogen and oxygen atoms in total. The lowest BCUT2D eigenvalue weighted by atomic mass is 9.80. The zero-order valence-electron chi connectivity index (χ0n) is 9.33. The molecule has 0 aromatic carbocycles. The first-order chi connectivity index (χ1) is 8.57. The number of rotatable bonds is 5. The molecule has 0 aliphatic heterocycles. The van der Waals surface area contributed by atoms with E-state index < -0.39 is 11.6 Å². The van der Waals surface area contributed by atoms with Gasteiger partial charge in [0.15, 0.2) is 17.1 Å². The number of carbonyl (C=O) groups excluding carboxylic acids is 1. The van der Waals surface area contributed by atoms with Crippen LogP contribution < -0.4 is 5.73 Å². The van der Waals surface area contributed by atoms with Crippen LogP contribution >= 0.6 is 11.3 Å². The summed E-state index contributed by atoms with van der Waals surface area (Å²) < 4.78 is 0. The molecule has 1 aliphatic carbocycles. The fraction of sp³-hybridized carbons (Fsp3) is 0.400. The number of nitrogen functional groups attached to an aromatic ring is 1. The number of oxime groups is 1. The molecule has 8 heteroatoms. The second-order valence-electron chi connectivity index (χ2n) is 3.91. The van der Waals surface area contributed by atoms with Crippen LogP contribution in [-0.4, -0.2) is 33.7 Å². The van der Waals surface area contributed by atoms with Gasteiger partial charge in [0, 0.05) is 18.2 Å². The van der Waals surface area contributed by atoms with Crippen LogP contribution in [0.3, 0.4) is 0 Å². The molecule has 0 bridgehead atoms. The van der Waals surface area contributed by atoms with E-state index in [1.807, 2.05) is 0 Å². The molecule has 1 fully saturated rings. The van der Waals surface area contributed by atoms with Crippen LogP contribution in [0.15, 0.2) is 10.5 Å². The lowest BCUT2D eigenvalue weighted by Gasteiger charge is -2.34. The predicted octanol–water partition coefficient (Wildman–Crippen LogP) is 0.652. The first-order valence-corrected chi connectivity index (χ1v) is 6.11. The number of thiazole rings is 1. The summed E-state index contributed by atoms with van der Waals surface area (Å²) in [4.78, 5) is 30.8. The van der Waals surface area contributed by atoms with Gasteiger partial charge in [0.25, 0.3) is 0 Å². The number of carboxylic acid groups (broad SMARTS) is 1. The summed E-state index contributed by atoms with van der Waals surface area (Å²) in [5.74, 6) is -1.07. The minimum Gasteiger partial charge on any atom is -0.478 e. The van der Waals surface area contributed by atoms with Gasteiger partial charge in [0.05, 0.1) is 0 Å². The fourth-order valence-corrected chi connectivity index (χ4v) is 2.07. The Kier molecular flexibility index (Phi) is 3.28. The van der Waals surface area contributed by atoms with Crippen molar-refractivity contribution < 1.29 is 19.5 Å². The quantitative estimate of drug-likeness (QED) is 0.461. The van der Waals surface area contributed by atoms with Crippen molar-refractivity contribution >= 4 is 34.4 Å². The van der Waals surface area contributed by atoms with Gasteiger partial charge >= 0.3 is 5.97 Å². The number of nitrogens with zero attached hydrogens (tertiary/aromatic N) is 2. The van der Waals surface area contributed by atoms with Crippen molar-refractivity contribution in [3.8, 4) is 0 Å². The third kappa shape index (κ3) is 2.19. The molecular weight excluding hydrogens is 258 g/mol. The summed E-state index contributed by atoms with van der Waals surface area (Å²) in [7, 11) is 0. The third-order valence-electron chi connectivity index (χ3n) is 2.77. The zero-order chi connectivity index (χ0) is 13.2. The summed E-state index contributed by atoms with van der Waals surface area (Å²) in [5, 5.41) is 14.5. The number of aromatic nitrogens is 1. The van der Waals surface area contributed by atoms with E-state index in [9.17, 15) is 9.59 Å². The lowest BCUT2D eigenvalue weighted by Crippen LogP contribution is -2.46. The highest BCUT2D eigenvalue weighted by atomic mass is 32.1. The number of hydrogen-bond acceptors (Lipinski definition) is 7. The van der Waals surface area contributed by atoms with Crippen LogP contribution in [0.5, 0.6) is 0 Å². The highest BCUT2D eigenvalue weighted by molar-refractivity contribution is 7.13. The summed E-state index contributed by atoms with van der Waals surface area (Å²) in [6, 6.07) is 0. The van der Waals surface area contributed by atoms with Crippen molar-refractivity contribution in [2.24, 2.45) is 5.16 Å². The van der Waals surface area contributed by atoms with Crippen molar-refractivity contribution in [1.29, 1.82) is 0 Å². The summed E-state index contributed by atoms with van der Waals surface area (Å²) in [6.07, 6.45) is 2.00. The number of nitrogens with two attached hydrogens (primary N) is 1. The molecule has 1 aromatic heterocycles. The Morgan fingerprint density at radius 3 is 2.78 bits per heavy atom. The van der Waals surface area contributed by atoms with Crippen molar-refractivity contribution in [2.75, 3.05) is 5.73 Å². The van der Waals surface area contributed by atoms with Crippen LogP contribution in [0.1, 0.15) is 25.0 Å². The van der Waals surface area contributed by atoms with Crippen molar-refractivity contribution in [3.05, 3.63) is 11.1 Å². The first kappa shape index (κ1) is 12.5. The van der Waals surface area contributed by atoms with Gasteiger partial charge in [-0.3, -0.25) is 4.79 Å². The van der Waals surface area contributed by atoms with Crippen molar-refractivity contribution in [1.82, 2.24) is 4.98 Å². The van der Waals surface area contributed by atoms with E-state index in [2.05, 4.69) is 10.1 Å². The summed E-state index contributed by atoms with van der Waals surface area (Å²) in [5.41, 5.74) is 4.37. The molecule has 0 saturated heterocycles. The SMILES string of the molecule is Nc1nc(C(C=O)=NOC2(C(=O)O)CCC2)cs1. The van der Waals surface area contributed by atoms with Gasteiger partial charge in [0.2, 0.25) is 5.60 Å². The third-order valence-corrected chi connectivity index (χ3v) is 3.44. The average molecular weight is 269 g/mol. The zero-order valence-corrected chi connectivity index (χ0v) is 10.1. The van der Waals surface area contributed by atoms with Gasteiger partial charge in [-0.25, -0.2) is 9.78 Å². The normalized spacial score (nSPS) is 17.9. The highest BCUT2D eigenvalue weighted by Crippen LogP contribution is 2.36. The Morgan fingerprint density at radius 1 is 1.67 bits per heavy atom. The maximum Gasteiger partial charge on any atom is 0.350 e. The molecule has 3 N–H and O–H groups in total. The summed E-state index contributed by atoms with van der Waals surface area (Å²) in [6.45, 7) is 0. The van der Waals surface area contributed by atoms with E-state index in [4.69, 9.17) is 15.7 Å². The molecular formula is C10H11N3O4S. The van der Waals surface area contributed by atoms with Crippen molar-refractivity contribution in [3.63, 3.8) is 0 Å². The molecule has 1 saturated carbocycles. The first-order valence-electron chi connectivity index (χ1n) is 5.23. The molecule has 1 heterocycles. The molecule has 96 valence electrons. The van der Waals surface area contributed by atoms with Gasteiger partial charge in [0.1, 0.15) is 5.69 Å². The molecule has 0 amide bonds. The smallest absolute Gasteiger partial charge is 0.350 e. The number of anilines is 1. The van der Waals surface area contributed by atoms with E-state index in [0.717, 1.165) is 17.8 Å². The van der Waals surface area contributed by atoms with E-state index in [1.54, 1.807) is 5.38 Å². The van der Waals surface area contributed by atoms with E-state index >= 15 is 0 Å². The second kappa shape index (κ2) is 4.73. The van der Waals surface area contributed by atoms with Gasteiger partial charge in [-0.15, -0.1) is 11.3 Å². The van der Waals surface area contributed by atoms with Crippen LogP contribution in [0, 0.1) is 0 Å². The second-order valence-corrected chi connectivity index (χ2v) is 4.80. The van der Waals surface area contributed by atoms with Crippen LogP contribution in [0.25, 0.3) is 0 Å². The standard InChI is InChI=1S/C10H11N3O4S/c11-9-12-7(5-18-9)6(4-14)13-17-10(8(15)16)2-1-3-10/h4-5H,1-3H2,(H2,11,12)(H,15,16). The molecule has 0 radical (unpaired) electrons. The van der Waals surface area contributed by atoms with Crippen LogP contribution in [0.4, 0.5) is 5.13 Å². The van der Waals surface area contributed by atoms with Gasteiger partial charge in [-0.2, -0.15) is 0 Å². The van der Waals surface area contributed by atoms with Crippen molar-refractivity contribution in [2.45, 2.75) is 24.9 Å². The largest absolute Gasteiger partial charge is 0.478 e. The predicted molar refractivity (Wildman–Crippen MR) is 64.4 cm³/mol. The maximum atomic E-state index is 11.0. The Bertz CT molecular complexity index is 507. The molecule has 0 atom stereocenters. The Balaban J connectivity index is 2.16. The monoisotopic (exact) mass is 269 g/mol. The average Bonchev–Trinajstić information content (AvgIpc) is 2.68. The van der Waals surface area contributed by atoms with Gasteiger partial charge in [-0.1, -0.05) is 5.16 Å². The lowest BCUT2D eigenvalue weighted by molar-refractivity contribution is -0.178. The topological polar surface area (TPSA) is 115 Å². The molecule has 0 spiro atoms. The molecule has 2 rings (SSSR count). The number of aldehydes is 1. The number of carboxylic acids is 1. The van der Waals surface area contributed by atoms with Crippen LogP contribution in [-0.2, 0) is 14.4 Å². The number of carbonyl (C=O) groups is 2. The summed E-state index contributed by atoms with van der Waals surface area (Å²) >= 11 is 1.16. The van der Waals surface area contributed by atoms with Gasteiger partial charge in [-0.05, 0) is 6.42 Å². The highest BCUT2D eigenvalue weighted by Gasteiger charge is 2.48. The van der Waals surface area contributed by atoms with E-state index in [-0.39, 0.29) is 11.4 Å². The minimum absolute atomic E-state index is 0.0597. The molecule has 1 aromatic rings. The Hall–Kier alpha value is -1.96. The van der Waals surface area contributed by atoms with Crippen LogP contribution in [0.2, 0.25) is 0 Å². The minimum atomic E-state index is -1.30. The Labute approximate surface area is 106 Å². The number of aliphatic carboxylic acids is 1. The van der Waals surface area contributed by atoms with E-state index in [1.165, 1.54) is 0 Å². The number of hydrogen-bond donors (Lipinski definition) is 2. The van der Waals surface area contributed by atoms with E-state index in [0.29, 0.717) is 24.3 Å². The maximum absolute atomic E-state index is 11.0. The molecule has 0 unspecified atom stereocenters. The molecule has 1 aliphatic rings.